The molecule has 4 nitrogen and oxygen atoms in total. The van der Waals surface area contributed by atoms with E-state index in [0.717, 1.165) is 17.5 Å². The van der Waals surface area contributed by atoms with Crippen molar-refractivity contribution in [1.82, 2.24) is 4.90 Å². The number of halogens is 1. The molecule has 4 rings (SSSR count). The van der Waals surface area contributed by atoms with Crippen LogP contribution in [-0.2, 0) is 6.42 Å². The summed E-state index contributed by atoms with van der Waals surface area (Å²) in [5.74, 6) is -0.308. The second-order valence-electron chi connectivity index (χ2n) is 6.72. The van der Waals surface area contributed by atoms with Crippen molar-refractivity contribution in [2.24, 2.45) is 0 Å². The van der Waals surface area contributed by atoms with Crippen molar-refractivity contribution in [3.05, 3.63) is 101 Å². The standard InChI is InChI=1S/C23H18FN3O/c24-19-10-8-18(9-11-19)22-21-7-2-1-5-17(21)12-13-27(22)23(28)26-20-6-3-4-16(14-20)15-25/h1-11,14,22H,12-13H2,(H,26,28). The van der Waals surface area contributed by atoms with Gasteiger partial charge in [-0.25, -0.2) is 9.18 Å². The van der Waals surface area contributed by atoms with Crippen LogP contribution >= 0.6 is 0 Å². The van der Waals surface area contributed by atoms with Crippen LogP contribution in [0.4, 0.5) is 14.9 Å². The quantitative estimate of drug-likeness (QED) is 0.698. The molecular formula is C23H18FN3O. The third kappa shape index (κ3) is 3.45. The lowest BCUT2D eigenvalue weighted by Gasteiger charge is -2.37. The molecule has 1 unspecified atom stereocenters. The highest BCUT2D eigenvalue weighted by Gasteiger charge is 2.32. The fraction of sp³-hybridized carbons (Fsp3) is 0.130. The summed E-state index contributed by atoms with van der Waals surface area (Å²) < 4.78 is 13.4. The summed E-state index contributed by atoms with van der Waals surface area (Å²) in [6.45, 7) is 0.544. The SMILES string of the molecule is N#Cc1cccc(NC(=O)N2CCc3ccccc3C2c2ccc(F)cc2)c1. The monoisotopic (exact) mass is 371 g/mol. The van der Waals surface area contributed by atoms with Crippen molar-refractivity contribution in [3.8, 4) is 6.07 Å². The zero-order valence-electron chi connectivity index (χ0n) is 15.1. The molecule has 1 aliphatic rings. The molecule has 1 atom stereocenters. The minimum Gasteiger partial charge on any atom is -0.313 e. The highest BCUT2D eigenvalue weighted by molar-refractivity contribution is 5.90. The van der Waals surface area contributed by atoms with E-state index >= 15 is 0 Å². The number of nitriles is 1. The van der Waals surface area contributed by atoms with Crippen LogP contribution in [-0.4, -0.2) is 17.5 Å². The maximum Gasteiger partial charge on any atom is 0.322 e. The van der Waals surface area contributed by atoms with Gasteiger partial charge in [0.2, 0.25) is 0 Å². The van der Waals surface area contributed by atoms with E-state index in [9.17, 15) is 9.18 Å². The van der Waals surface area contributed by atoms with Crippen molar-refractivity contribution in [3.63, 3.8) is 0 Å². The van der Waals surface area contributed by atoms with Crippen molar-refractivity contribution in [1.29, 1.82) is 5.26 Å². The van der Waals surface area contributed by atoms with E-state index in [1.54, 1.807) is 41.3 Å². The van der Waals surface area contributed by atoms with Crippen molar-refractivity contribution in [2.75, 3.05) is 11.9 Å². The molecule has 0 radical (unpaired) electrons. The molecule has 1 N–H and O–H groups in total. The Morgan fingerprint density at radius 3 is 2.64 bits per heavy atom. The minimum atomic E-state index is -0.308. The molecule has 0 aliphatic carbocycles. The fourth-order valence-corrected chi connectivity index (χ4v) is 3.65. The number of carbonyl (C=O) groups is 1. The lowest BCUT2D eigenvalue weighted by Crippen LogP contribution is -2.43. The molecule has 5 heteroatoms. The first-order chi connectivity index (χ1) is 13.7. The smallest absolute Gasteiger partial charge is 0.313 e. The van der Waals surface area contributed by atoms with Crippen molar-refractivity contribution >= 4 is 11.7 Å². The van der Waals surface area contributed by atoms with Crippen LogP contribution in [0.3, 0.4) is 0 Å². The normalized spacial score (nSPS) is 15.4. The molecule has 0 spiro atoms. The van der Waals surface area contributed by atoms with Gasteiger partial charge in [0.15, 0.2) is 0 Å². The number of carbonyl (C=O) groups excluding carboxylic acids is 1. The van der Waals surface area contributed by atoms with Gasteiger partial charge in [-0.15, -0.1) is 0 Å². The van der Waals surface area contributed by atoms with Gasteiger partial charge in [-0.3, -0.25) is 0 Å². The van der Waals surface area contributed by atoms with Crippen LogP contribution in [0.1, 0.15) is 28.3 Å². The maximum absolute atomic E-state index is 13.4. The van der Waals surface area contributed by atoms with E-state index in [0.29, 0.717) is 17.8 Å². The molecule has 1 aliphatic heterocycles. The molecule has 3 aromatic rings. The molecule has 0 aromatic heterocycles. The van der Waals surface area contributed by atoms with Crippen LogP contribution in [0, 0.1) is 17.1 Å². The molecular weight excluding hydrogens is 353 g/mol. The Kier molecular flexibility index (Phi) is 4.77. The Balaban J connectivity index is 1.69. The van der Waals surface area contributed by atoms with E-state index in [1.807, 2.05) is 18.2 Å². The van der Waals surface area contributed by atoms with Gasteiger partial charge in [0.05, 0.1) is 17.7 Å². The van der Waals surface area contributed by atoms with E-state index in [2.05, 4.69) is 17.5 Å². The molecule has 0 saturated heterocycles. The summed E-state index contributed by atoms with van der Waals surface area (Å²) in [4.78, 5) is 14.8. The molecule has 0 saturated carbocycles. The zero-order chi connectivity index (χ0) is 19.5. The van der Waals surface area contributed by atoms with Crippen LogP contribution in [0.25, 0.3) is 0 Å². The predicted octanol–water partition coefficient (Wildman–Crippen LogP) is 4.88. The second-order valence-corrected chi connectivity index (χ2v) is 6.72. The van der Waals surface area contributed by atoms with Gasteiger partial charge in [0.1, 0.15) is 5.82 Å². The summed E-state index contributed by atoms with van der Waals surface area (Å²) in [6.07, 6.45) is 0.750. The zero-order valence-corrected chi connectivity index (χ0v) is 15.1. The predicted molar refractivity (Wildman–Crippen MR) is 105 cm³/mol. The van der Waals surface area contributed by atoms with Gasteiger partial charge in [0, 0.05) is 12.2 Å². The highest BCUT2D eigenvalue weighted by atomic mass is 19.1. The third-order valence-electron chi connectivity index (χ3n) is 4.97. The van der Waals surface area contributed by atoms with Gasteiger partial charge in [-0.1, -0.05) is 42.5 Å². The number of nitrogens with zero attached hydrogens (tertiary/aromatic N) is 2. The molecule has 2 amide bonds. The topological polar surface area (TPSA) is 56.1 Å². The number of hydrogen-bond donors (Lipinski definition) is 1. The van der Waals surface area contributed by atoms with E-state index in [-0.39, 0.29) is 17.9 Å². The average Bonchev–Trinajstić information content (AvgIpc) is 2.73. The van der Waals surface area contributed by atoms with E-state index < -0.39 is 0 Å². The maximum atomic E-state index is 13.4. The van der Waals surface area contributed by atoms with Crippen LogP contribution < -0.4 is 5.32 Å². The molecule has 138 valence electrons. The number of benzene rings is 3. The number of hydrogen-bond acceptors (Lipinski definition) is 2. The Bertz CT molecular complexity index is 1060. The first-order valence-corrected chi connectivity index (χ1v) is 9.07. The van der Waals surface area contributed by atoms with E-state index in [1.165, 1.54) is 17.7 Å². The fourth-order valence-electron chi connectivity index (χ4n) is 3.65. The minimum absolute atomic E-state index is 0.251. The number of urea groups is 1. The Morgan fingerprint density at radius 1 is 1.07 bits per heavy atom. The summed E-state index contributed by atoms with van der Waals surface area (Å²) >= 11 is 0. The average molecular weight is 371 g/mol. The lowest BCUT2D eigenvalue weighted by atomic mass is 9.88. The highest BCUT2D eigenvalue weighted by Crippen LogP contribution is 2.35. The number of anilines is 1. The molecule has 28 heavy (non-hydrogen) atoms. The molecule has 3 aromatic carbocycles. The molecule has 1 heterocycles. The summed E-state index contributed by atoms with van der Waals surface area (Å²) in [7, 11) is 0. The van der Waals surface area contributed by atoms with Crippen LogP contribution in [0.2, 0.25) is 0 Å². The number of rotatable bonds is 2. The second kappa shape index (κ2) is 7.53. The number of amides is 2. The van der Waals surface area contributed by atoms with Crippen molar-refractivity contribution < 1.29 is 9.18 Å². The van der Waals surface area contributed by atoms with Gasteiger partial charge >= 0.3 is 6.03 Å². The van der Waals surface area contributed by atoms with E-state index in [4.69, 9.17) is 5.26 Å². The third-order valence-corrected chi connectivity index (χ3v) is 4.97. The molecule has 0 bridgehead atoms. The first-order valence-electron chi connectivity index (χ1n) is 9.07. The number of fused-ring (bicyclic) bond motifs is 1. The lowest BCUT2D eigenvalue weighted by molar-refractivity contribution is 0.194. The summed E-state index contributed by atoms with van der Waals surface area (Å²) in [5, 5.41) is 12.0. The number of nitrogens with one attached hydrogen (secondary N) is 1. The van der Waals surface area contributed by atoms with Crippen LogP contribution in [0.5, 0.6) is 0 Å². The van der Waals surface area contributed by atoms with Gasteiger partial charge in [-0.05, 0) is 53.4 Å². The largest absolute Gasteiger partial charge is 0.322 e. The van der Waals surface area contributed by atoms with Gasteiger partial charge in [-0.2, -0.15) is 5.26 Å². The van der Waals surface area contributed by atoms with Crippen LogP contribution in [0.15, 0.2) is 72.8 Å². The first kappa shape index (κ1) is 17.7. The Morgan fingerprint density at radius 2 is 1.86 bits per heavy atom. The van der Waals surface area contributed by atoms with Crippen molar-refractivity contribution in [2.45, 2.75) is 12.5 Å². The molecule has 0 fully saturated rings. The Labute approximate surface area is 162 Å². The Hall–Kier alpha value is -3.65. The van der Waals surface area contributed by atoms with Gasteiger partial charge in [0.25, 0.3) is 0 Å². The van der Waals surface area contributed by atoms with Gasteiger partial charge < -0.3 is 10.2 Å². The summed E-state index contributed by atoms with van der Waals surface area (Å²) in [5.41, 5.74) is 4.14. The summed E-state index contributed by atoms with van der Waals surface area (Å²) in [6, 6.07) is 22.6.